The molecule has 122 valence electrons. The Hall–Kier alpha value is -2.04. The lowest BCUT2D eigenvalue weighted by Gasteiger charge is -2.11. The Balaban J connectivity index is 1.87. The molecule has 0 unspecified atom stereocenters. The maximum Gasteiger partial charge on any atom is 0.251 e. The molecule has 0 spiro atoms. The molecule has 1 amide bonds. The van der Waals surface area contributed by atoms with Crippen LogP contribution >= 0.6 is 11.6 Å². The van der Waals surface area contributed by atoms with Gasteiger partial charge in [-0.1, -0.05) is 29.8 Å². The van der Waals surface area contributed by atoms with Crippen LogP contribution in [0.2, 0.25) is 5.02 Å². The van der Waals surface area contributed by atoms with Gasteiger partial charge in [0.05, 0.1) is 0 Å². The number of ether oxygens (including phenoxy) is 1. The molecule has 2 rings (SSSR count). The number of halogens is 1. The second kappa shape index (κ2) is 8.56. The fourth-order valence-corrected chi connectivity index (χ4v) is 2.16. The Kier molecular flexibility index (Phi) is 6.44. The van der Waals surface area contributed by atoms with Crippen LogP contribution in [-0.2, 0) is 6.61 Å². The average molecular weight is 333 g/mol. The first-order valence-corrected chi connectivity index (χ1v) is 7.83. The molecule has 23 heavy (non-hydrogen) atoms. The van der Waals surface area contributed by atoms with Crippen LogP contribution in [-0.4, -0.2) is 38.0 Å². The number of nitrogens with zero attached hydrogens (tertiary/aromatic N) is 1. The van der Waals surface area contributed by atoms with Crippen molar-refractivity contribution in [3.8, 4) is 5.75 Å². The fraction of sp³-hybridized carbons (Fsp3) is 0.278. The number of carbonyl (C=O) groups is 1. The average Bonchev–Trinajstić information content (AvgIpc) is 2.54. The molecule has 0 saturated heterocycles. The summed E-state index contributed by atoms with van der Waals surface area (Å²) in [4.78, 5) is 14.0. The van der Waals surface area contributed by atoms with Crippen LogP contribution in [0.1, 0.15) is 15.9 Å². The molecule has 2 aromatic carbocycles. The van der Waals surface area contributed by atoms with Gasteiger partial charge in [-0.05, 0) is 44.4 Å². The maximum atomic E-state index is 12.0. The molecular weight excluding hydrogens is 312 g/mol. The predicted octanol–water partition coefficient (Wildman–Crippen LogP) is 3.21. The third-order valence-corrected chi connectivity index (χ3v) is 3.68. The second-order valence-electron chi connectivity index (χ2n) is 5.46. The predicted molar refractivity (Wildman–Crippen MR) is 93.1 cm³/mol. The Morgan fingerprint density at radius 1 is 1.13 bits per heavy atom. The third kappa shape index (κ3) is 5.58. The van der Waals surface area contributed by atoms with Crippen LogP contribution < -0.4 is 10.1 Å². The van der Waals surface area contributed by atoms with Crippen molar-refractivity contribution in [2.24, 2.45) is 0 Å². The molecular formula is C18H21ClN2O2. The van der Waals surface area contributed by atoms with Gasteiger partial charge in [0.2, 0.25) is 0 Å². The summed E-state index contributed by atoms with van der Waals surface area (Å²) in [5, 5.41) is 3.56. The van der Waals surface area contributed by atoms with E-state index in [1.54, 1.807) is 24.3 Å². The molecule has 0 aliphatic rings. The van der Waals surface area contributed by atoms with Gasteiger partial charge in [-0.25, -0.2) is 0 Å². The molecule has 0 atom stereocenters. The minimum atomic E-state index is -0.0792. The topological polar surface area (TPSA) is 41.6 Å². The first-order chi connectivity index (χ1) is 11.1. The number of rotatable bonds is 7. The van der Waals surface area contributed by atoms with E-state index in [9.17, 15) is 4.79 Å². The highest BCUT2D eigenvalue weighted by Crippen LogP contribution is 2.18. The summed E-state index contributed by atoms with van der Waals surface area (Å²) in [7, 11) is 3.94. The number of carbonyl (C=O) groups excluding carboxylic acids is 1. The summed E-state index contributed by atoms with van der Waals surface area (Å²) in [6.07, 6.45) is 0. The minimum Gasteiger partial charge on any atom is -0.489 e. The first kappa shape index (κ1) is 17.3. The van der Waals surface area contributed by atoms with Gasteiger partial charge >= 0.3 is 0 Å². The highest BCUT2D eigenvalue weighted by Gasteiger charge is 2.06. The van der Waals surface area contributed by atoms with Crippen LogP contribution in [0.15, 0.2) is 48.5 Å². The van der Waals surface area contributed by atoms with Gasteiger partial charge in [0.1, 0.15) is 12.4 Å². The van der Waals surface area contributed by atoms with Crippen molar-refractivity contribution in [3.05, 3.63) is 64.7 Å². The molecule has 0 aliphatic carbocycles. The number of hydrogen-bond acceptors (Lipinski definition) is 3. The highest BCUT2D eigenvalue weighted by atomic mass is 35.5. The smallest absolute Gasteiger partial charge is 0.251 e. The minimum absolute atomic E-state index is 0.0792. The Morgan fingerprint density at radius 3 is 2.48 bits per heavy atom. The molecule has 0 fully saturated rings. The lowest BCUT2D eigenvalue weighted by Crippen LogP contribution is -2.31. The van der Waals surface area contributed by atoms with Crippen LogP contribution in [0.4, 0.5) is 0 Å². The van der Waals surface area contributed by atoms with Crippen molar-refractivity contribution < 1.29 is 9.53 Å². The van der Waals surface area contributed by atoms with Crippen molar-refractivity contribution in [2.45, 2.75) is 6.61 Å². The fourth-order valence-electron chi connectivity index (χ4n) is 1.97. The van der Waals surface area contributed by atoms with Crippen molar-refractivity contribution >= 4 is 17.5 Å². The van der Waals surface area contributed by atoms with Crippen molar-refractivity contribution in [1.29, 1.82) is 0 Å². The van der Waals surface area contributed by atoms with Crippen LogP contribution in [0.5, 0.6) is 5.75 Å². The Morgan fingerprint density at radius 2 is 1.83 bits per heavy atom. The zero-order chi connectivity index (χ0) is 16.7. The molecule has 0 saturated carbocycles. The van der Waals surface area contributed by atoms with E-state index < -0.39 is 0 Å². The van der Waals surface area contributed by atoms with E-state index >= 15 is 0 Å². The number of benzene rings is 2. The highest BCUT2D eigenvalue weighted by molar-refractivity contribution is 6.31. The summed E-state index contributed by atoms with van der Waals surface area (Å²) >= 11 is 6.09. The van der Waals surface area contributed by atoms with Gasteiger partial charge in [-0.15, -0.1) is 0 Å². The molecule has 5 heteroatoms. The molecule has 0 aliphatic heterocycles. The maximum absolute atomic E-state index is 12.0. The van der Waals surface area contributed by atoms with Gasteiger partial charge in [-0.3, -0.25) is 4.79 Å². The van der Waals surface area contributed by atoms with Gasteiger partial charge in [0.25, 0.3) is 5.91 Å². The molecule has 4 nitrogen and oxygen atoms in total. The SMILES string of the molecule is CN(C)CCNC(=O)c1ccc(OCc2ccccc2Cl)cc1. The first-order valence-electron chi connectivity index (χ1n) is 7.45. The Labute approximate surface area is 142 Å². The van der Waals surface area contributed by atoms with E-state index in [1.807, 2.05) is 43.3 Å². The summed E-state index contributed by atoms with van der Waals surface area (Å²) in [5.41, 5.74) is 1.55. The molecule has 0 radical (unpaired) electrons. The number of likely N-dealkylation sites (N-methyl/N-ethyl adjacent to an activating group) is 1. The van der Waals surface area contributed by atoms with Gasteiger partial charge in [0, 0.05) is 29.2 Å². The summed E-state index contributed by atoms with van der Waals surface area (Å²) in [5.74, 6) is 0.624. The molecule has 0 heterocycles. The summed E-state index contributed by atoms with van der Waals surface area (Å²) in [6.45, 7) is 1.83. The van der Waals surface area contributed by atoms with E-state index in [-0.39, 0.29) is 5.91 Å². The normalized spacial score (nSPS) is 10.6. The summed E-state index contributed by atoms with van der Waals surface area (Å²) in [6, 6.07) is 14.7. The van der Waals surface area contributed by atoms with Gasteiger partial charge < -0.3 is 15.0 Å². The van der Waals surface area contributed by atoms with Crippen LogP contribution in [0, 0.1) is 0 Å². The number of nitrogens with one attached hydrogen (secondary N) is 1. The van der Waals surface area contributed by atoms with E-state index in [0.29, 0.717) is 29.5 Å². The van der Waals surface area contributed by atoms with Gasteiger partial charge in [-0.2, -0.15) is 0 Å². The second-order valence-corrected chi connectivity index (χ2v) is 5.87. The zero-order valence-corrected chi connectivity index (χ0v) is 14.1. The van der Waals surface area contributed by atoms with Crippen molar-refractivity contribution in [3.63, 3.8) is 0 Å². The van der Waals surface area contributed by atoms with E-state index in [4.69, 9.17) is 16.3 Å². The van der Waals surface area contributed by atoms with Crippen LogP contribution in [0.25, 0.3) is 0 Å². The lowest BCUT2D eigenvalue weighted by molar-refractivity contribution is 0.0951. The van der Waals surface area contributed by atoms with Crippen molar-refractivity contribution in [2.75, 3.05) is 27.2 Å². The molecule has 1 N–H and O–H groups in total. The molecule has 0 aromatic heterocycles. The largest absolute Gasteiger partial charge is 0.489 e. The summed E-state index contributed by atoms with van der Waals surface area (Å²) < 4.78 is 5.70. The van der Waals surface area contributed by atoms with E-state index in [0.717, 1.165) is 12.1 Å². The van der Waals surface area contributed by atoms with E-state index in [2.05, 4.69) is 5.32 Å². The van der Waals surface area contributed by atoms with Crippen molar-refractivity contribution in [1.82, 2.24) is 10.2 Å². The monoisotopic (exact) mass is 332 g/mol. The zero-order valence-electron chi connectivity index (χ0n) is 13.4. The quantitative estimate of drug-likeness (QED) is 0.846. The number of hydrogen-bond donors (Lipinski definition) is 1. The third-order valence-electron chi connectivity index (χ3n) is 3.31. The van der Waals surface area contributed by atoms with Crippen LogP contribution in [0.3, 0.4) is 0 Å². The standard InChI is InChI=1S/C18H21ClN2O2/c1-21(2)12-11-20-18(22)14-7-9-16(10-8-14)23-13-15-5-3-4-6-17(15)19/h3-10H,11-13H2,1-2H3,(H,20,22). The molecule has 2 aromatic rings. The molecule has 0 bridgehead atoms. The number of amides is 1. The van der Waals surface area contributed by atoms with Gasteiger partial charge in [0.15, 0.2) is 0 Å². The Bertz CT molecular complexity index is 642. The van der Waals surface area contributed by atoms with E-state index in [1.165, 1.54) is 0 Å². The lowest BCUT2D eigenvalue weighted by atomic mass is 10.2.